The number of aliphatic hydroxyl groups is 3. The van der Waals surface area contributed by atoms with Crippen molar-refractivity contribution in [3.63, 3.8) is 0 Å². The van der Waals surface area contributed by atoms with E-state index in [-0.39, 0.29) is 0 Å². The van der Waals surface area contributed by atoms with Crippen LogP contribution in [0.2, 0.25) is 0 Å². The maximum Gasteiger partial charge on any atom is 0.327 e. The molecule has 5 heteroatoms. The number of rotatable bonds is 15. The van der Waals surface area contributed by atoms with Crippen LogP contribution in [0.25, 0.3) is 0 Å². The van der Waals surface area contributed by atoms with Crippen molar-refractivity contribution in [3.8, 4) is 0 Å². The average Bonchev–Trinajstić information content (AvgIpc) is 2.52. The molecular weight excluding hydrogens is 296 g/mol. The number of hydrogen-bond donors (Lipinski definition) is 4. The van der Waals surface area contributed by atoms with E-state index in [0.29, 0.717) is 19.3 Å². The van der Waals surface area contributed by atoms with E-state index >= 15 is 0 Å². The van der Waals surface area contributed by atoms with Crippen molar-refractivity contribution in [3.05, 3.63) is 12.2 Å². The van der Waals surface area contributed by atoms with Gasteiger partial charge < -0.3 is 20.4 Å². The lowest BCUT2D eigenvalue weighted by Gasteiger charge is -2.23. The molecule has 0 fully saturated rings. The molecule has 5 nitrogen and oxygen atoms in total. The van der Waals surface area contributed by atoms with E-state index in [2.05, 4.69) is 6.92 Å². The van der Waals surface area contributed by atoms with E-state index in [4.69, 9.17) is 5.11 Å². The van der Waals surface area contributed by atoms with Crippen molar-refractivity contribution in [1.82, 2.24) is 0 Å². The molecule has 0 aliphatic heterocycles. The van der Waals surface area contributed by atoms with E-state index in [9.17, 15) is 20.1 Å². The monoisotopic (exact) mass is 330 g/mol. The van der Waals surface area contributed by atoms with Crippen LogP contribution in [0.15, 0.2) is 12.2 Å². The fourth-order valence-corrected chi connectivity index (χ4v) is 2.53. The molecular formula is C18H34O5. The number of carboxylic acids is 1. The first kappa shape index (κ1) is 22.1. The highest BCUT2D eigenvalue weighted by molar-refractivity contribution is 5.79. The molecule has 0 spiro atoms. The molecule has 136 valence electrons. The van der Waals surface area contributed by atoms with Gasteiger partial charge >= 0.3 is 5.97 Å². The van der Waals surface area contributed by atoms with Crippen LogP contribution in [0.3, 0.4) is 0 Å². The van der Waals surface area contributed by atoms with Gasteiger partial charge in [-0.25, -0.2) is 4.79 Å². The topological polar surface area (TPSA) is 98.0 Å². The molecule has 23 heavy (non-hydrogen) atoms. The summed E-state index contributed by atoms with van der Waals surface area (Å²) in [6, 6.07) is 0. The van der Waals surface area contributed by atoms with E-state index in [1.165, 1.54) is 12.8 Å². The Morgan fingerprint density at radius 3 is 1.91 bits per heavy atom. The molecule has 0 aliphatic carbocycles. The van der Waals surface area contributed by atoms with Gasteiger partial charge in [0.25, 0.3) is 0 Å². The Hall–Kier alpha value is -0.910. The van der Waals surface area contributed by atoms with Crippen molar-refractivity contribution in [2.24, 2.45) is 0 Å². The van der Waals surface area contributed by atoms with E-state index < -0.39 is 24.3 Å². The fourth-order valence-electron chi connectivity index (χ4n) is 2.53. The number of carbonyl (C=O) groups is 1. The summed E-state index contributed by atoms with van der Waals surface area (Å²) in [7, 11) is 0. The van der Waals surface area contributed by atoms with Gasteiger partial charge in [0.15, 0.2) is 0 Å². The summed E-state index contributed by atoms with van der Waals surface area (Å²) in [5, 5.41) is 38.1. The highest BCUT2D eigenvalue weighted by atomic mass is 16.4. The predicted molar refractivity (Wildman–Crippen MR) is 91.3 cm³/mol. The first-order valence-electron chi connectivity index (χ1n) is 8.92. The number of aliphatic carboxylic acids is 1. The molecule has 0 saturated heterocycles. The van der Waals surface area contributed by atoms with Gasteiger partial charge in [0, 0.05) is 6.08 Å². The van der Waals surface area contributed by atoms with Gasteiger partial charge in [0.2, 0.25) is 0 Å². The normalized spacial score (nSPS) is 15.7. The second kappa shape index (κ2) is 14.7. The molecule has 0 aromatic carbocycles. The maximum absolute atomic E-state index is 10.3. The maximum atomic E-state index is 10.3. The molecule has 0 amide bonds. The van der Waals surface area contributed by atoms with Gasteiger partial charge in [0.05, 0.1) is 12.2 Å². The lowest BCUT2D eigenvalue weighted by molar-refractivity contribution is -0.131. The van der Waals surface area contributed by atoms with Crippen LogP contribution in [0.1, 0.15) is 77.6 Å². The van der Waals surface area contributed by atoms with Crippen LogP contribution in [-0.4, -0.2) is 44.7 Å². The molecule has 4 N–H and O–H groups in total. The summed E-state index contributed by atoms with van der Waals surface area (Å²) >= 11 is 0. The Morgan fingerprint density at radius 1 is 0.870 bits per heavy atom. The molecule has 3 atom stereocenters. The lowest BCUT2D eigenvalue weighted by atomic mass is 9.97. The van der Waals surface area contributed by atoms with Crippen molar-refractivity contribution in [1.29, 1.82) is 0 Å². The minimum Gasteiger partial charge on any atom is -0.478 e. The average molecular weight is 330 g/mol. The van der Waals surface area contributed by atoms with Crippen LogP contribution >= 0.6 is 0 Å². The first-order chi connectivity index (χ1) is 11.0. The molecule has 0 aromatic rings. The summed E-state index contributed by atoms with van der Waals surface area (Å²) in [5.41, 5.74) is 0. The highest BCUT2D eigenvalue weighted by Gasteiger charge is 2.23. The molecule has 0 aliphatic rings. The minimum absolute atomic E-state index is 0.455. The first-order valence-corrected chi connectivity index (χ1v) is 8.92. The molecule has 0 aromatic heterocycles. The summed E-state index contributed by atoms with van der Waals surface area (Å²) in [5.74, 6) is -0.938. The van der Waals surface area contributed by atoms with Crippen LogP contribution in [0.4, 0.5) is 0 Å². The van der Waals surface area contributed by atoms with E-state index in [0.717, 1.165) is 44.6 Å². The van der Waals surface area contributed by atoms with Crippen molar-refractivity contribution in [2.45, 2.75) is 95.9 Å². The smallest absolute Gasteiger partial charge is 0.327 e. The zero-order chi connectivity index (χ0) is 17.5. The molecule has 0 rings (SSSR count). The summed E-state index contributed by atoms with van der Waals surface area (Å²) in [6.45, 7) is 2.15. The number of unbranched alkanes of at least 4 members (excludes halogenated alkanes) is 7. The summed E-state index contributed by atoms with van der Waals surface area (Å²) < 4.78 is 0. The highest BCUT2D eigenvalue weighted by Crippen LogP contribution is 2.15. The minimum atomic E-state index is -1.08. The van der Waals surface area contributed by atoms with Gasteiger partial charge in [-0.1, -0.05) is 57.9 Å². The van der Waals surface area contributed by atoms with Crippen LogP contribution in [0, 0.1) is 0 Å². The zero-order valence-electron chi connectivity index (χ0n) is 14.4. The molecule has 0 saturated carbocycles. The van der Waals surface area contributed by atoms with Crippen LogP contribution < -0.4 is 0 Å². The van der Waals surface area contributed by atoms with Crippen LogP contribution in [0.5, 0.6) is 0 Å². The Bertz CT molecular complexity index is 317. The van der Waals surface area contributed by atoms with Crippen molar-refractivity contribution < 1.29 is 25.2 Å². The Kier molecular flexibility index (Phi) is 14.1. The van der Waals surface area contributed by atoms with Crippen molar-refractivity contribution >= 4 is 5.97 Å². The standard InChI is InChI=1S/C18H34O5/c1-2-3-4-6-9-12-15(19)18(23)16(20)13-10-7-5-8-11-14-17(21)22/h11,14-16,18-20,23H,2-10,12-13H2,1H3,(H,21,22). The summed E-state index contributed by atoms with van der Waals surface area (Å²) in [6.07, 6.45) is 9.54. The van der Waals surface area contributed by atoms with Gasteiger partial charge in [-0.2, -0.15) is 0 Å². The number of hydrogen-bond acceptors (Lipinski definition) is 4. The quantitative estimate of drug-likeness (QED) is 0.273. The molecule has 3 unspecified atom stereocenters. The van der Waals surface area contributed by atoms with Gasteiger partial charge in [0.1, 0.15) is 6.10 Å². The Balaban J connectivity index is 3.67. The summed E-state index contributed by atoms with van der Waals surface area (Å²) in [4.78, 5) is 10.3. The number of aliphatic hydroxyl groups excluding tert-OH is 3. The van der Waals surface area contributed by atoms with Crippen molar-refractivity contribution in [2.75, 3.05) is 0 Å². The second-order valence-corrected chi connectivity index (χ2v) is 6.21. The van der Waals surface area contributed by atoms with Gasteiger partial charge in [-0.15, -0.1) is 0 Å². The fraction of sp³-hybridized carbons (Fsp3) is 0.833. The number of allylic oxidation sites excluding steroid dienone is 1. The van der Waals surface area contributed by atoms with Gasteiger partial charge in [-0.3, -0.25) is 0 Å². The Morgan fingerprint density at radius 2 is 1.39 bits per heavy atom. The third-order valence-electron chi connectivity index (χ3n) is 4.02. The van der Waals surface area contributed by atoms with Crippen LogP contribution in [-0.2, 0) is 4.79 Å². The van der Waals surface area contributed by atoms with E-state index in [1.807, 2.05) is 0 Å². The lowest BCUT2D eigenvalue weighted by Crippen LogP contribution is -2.37. The SMILES string of the molecule is CCCCCCCC(O)C(O)C(O)CCCCCC=CC(=O)O. The third kappa shape index (κ3) is 13.2. The van der Waals surface area contributed by atoms with E-state index in [1.54, 1.807) is 6.08 Å². The number of carboxylic acid groups (broad SMARTS) is 1. The molecule has 0 radical (unpaired) electrons. The predicted octanol–water partition coefficient (Wildman–Crippen LogP) is 3.02. The largest absolute Gasteiger partial charge is 0.478 e. The second-order valence-electron chi connectivity index (χ2n) is 6.21. The molecule has 0 heterocycles. The van der Waals surface area contributed by atoms with Gasteiger partial charge in [-0.05, 0) is 25.7 Å². The molecule has 0 bridgehead atoms. The Labute approximate surface area is 140 Å². The zero-order valence-corrected chi connectivity index (χ0v) is 14.4. The third-order valence-corrected chi connectivity index (χ3v) is 4.02.